The monoisotopic (exact) mass is 300 g/mol. The summed E-state index contributed by atoms with van der Waals surface area (Å²) in [7, 11) is 1.81. The molecule has 0 radical (unpaired) electrons. The summed E-state index contributed by atoms with van der Waals surface area (Å²) in [6.07, 6.45) is 1.13. The molecular formula is C18H24N2O2. The van der Waals surface area contributed by atoms with Crippen LogP contribution in [-0.2, 0) is 9.59 Å². The summed E-state index contributed by atoms with van der Waals surface area (Å²) in [5, 5.41) is 0. The molecule has 2 aliphatic rings. The Morgan fingerprint density at radius 1 is 1.23 bits per heavy atom. The molecular weight excluding hydrogens is 276 g/mol. The second kappa shape index (κ2) is 5.41. The van der Waals surface area contributed by atoms with Crippen molar-refractivity contribution in [2.75, 3.05) is 20.1 Å². The highest BCUT2D eigenvalue weighted by atomic mass is 16.2. The van der Waals surface area contributed by atoms with Gasteiger partial charge in [0.25, 0.3) is 0 Å². The summed E-state index contributed by atoms with van der Waals surface area (Å²) >= 11 is 0. The van der Waals surface area contributed by atoms with E-state index in [9.17, 15) is 9.59 Å². The molecule has 118 valence electrons. The minimum atomic E-state index is -0.147. The molecule has 0 bridgehead atoms. The van der Waals surface area contributed by atoms with Gasteiger partial charge in [-0.05, 0) is 12.0 Å². The van der Waals surface area contributed by atoms with E-state index >= 15 is 0 Å². The number of carbonyl (C=O) groups is 2. The van der Waals surface area contributed by atoms with Gasteiger partial charge in [-0.3, -0.25) is 9.59 Å². The molecule has 2 saturated heterocycles. The molecule has 4 heteroatoms. The highest BCUT2D eigenvalue weighted by Crippen LogP contribution is 2.49. The van der Waals surface area contributed by atoms with Crippen molar-refractivity contribution in [1.82, 2.24) is 9.80 Å². The third kappa shape index (κ3) is 2.51. The maximum Gasteiger partial charge on any atom is 0.226 e. The second-order valence-corrected chi connectivity index (χ2v) is 7.27. The van der Waals surface area contributed by atoms with Crippen LogP contribution in [0.4, 0.5) is 0 Å². The lowest BCUT2D eigenvalue weighted by molar-refractivity contribution is -0.160. The lowest BCUT2D eigenvalue weighted by Gasteiger charge is -2.55. The quantitative estimate of drug-likeness (QED) is 0.842. The number of piperidine rings is 1. The standard InChI is InChI=1S/C18H24N2O2/c1-18(2)12-20(16(18)13-7-5-4-6-8-13)17(22)14-9-10-19(3)15(21)11-14/h4-8,14,16H,9-12H2,1-3H3/t14-,16+/m0/s1. The summed E-state index contributed by atoms with van der Waals surface area (Å²) in [6.45, 7) is 5.86. The highest BCUT2D eigenvalue weighted by molar-refractivity contribution is 5.87. The number of amides is 2. The maximum atomic E-state index is 12.9. The molecule has 1 aromatic carbocycles. The molecule has 3 rings (SSSR count). The van der Waals surface area contributed by atoms with Gasteiger partial charge in [0.1, 0.15) is 0 Å². The number of hydrogen-bond donors (Lipinski definition) is 0. The number of nitrogens with zero attached hydrogens (tertiary/aromatic N) is 2. The Labute approximate surface area is 132 Å². The van der Waals surface area contributed by atoms with Gasteiger partial charge < -0.3 is 9.80 Å². The largest absolute Gasteiger partial charge is 0.346 e. The van der Waals surface area contributed by atoms with Crippen LogP contribution < -0.4 is 0 Å². The van der Waals surface area contributed by atoms with Crippen molar-refractivity contribution in [3.63, 3.8) is 0 Å². The molecule has 2 atom stereocenters. The zero-order valence-electron chi connectivity index (χ0n) is 13.6. The fourth-order valence-electron chi connectivity index (χ4n) is 3.79. The molecule has 0 unspecified atom stereocenters. The van der Waals surface area contributed by atoms with Crippen molar-refractivity contribution < 1.29 is 9.59 Å². The number of rotatable bonds is 2. The van der Waals surface area contributed by atoms with Crippen LogP contribution in [0.2, 0.25) is 0 Å². The van der Waals surface area contributed by atoms with Crippen molar-refractivity contribution in [2.45, 2.75) is 32.7 Å². The molecule has 2 aliphatic heterocycles. The lowest BCUT2D eigenvalue weighted by atomic mass is 9.71. The summed E-state index contributed by atoms with van der Waals surface area (Å²) in [4.78, 5) is 28.4. The van der Waals surface area contributed by atoms with Crippen LogP contribution in [0.25, 0.3) is 0 Å². The summed E-state index contributed by atoms with van der Waals surface area (Å²) in [5.74, 6) is 0.0845. The molecule has 0 aromatic heterocycles. The van der Waals surface area contributed by atoms with Gasteiger partial charge in [0, 0.05) is 37.9 Å². The molecule has 0 spiro atoms. The fraction of sp³-hybridized carbons (Fsp3) is 0.556. The van der Waals surface area contributed by atoms with E-state index < -0.39 is 0 Å². The van der Waals surface area contributed by atoms with Crippen LogP contribution >= 0.6 is 0 Å². The first-order chi connectivity index (χ1) is 10.4. The molecule has 2 heterocycles. The highest BCUT2D eigenvalue weighted by Gasteiger charge is 2.50. The van der Waals surface area contributed by atoms with E-state index in [1.807, 2.05) is 30.1 Å². The van der Waals surface area contributed by atoms with Crippen molar-refractivity contribution >= 4 is 11.8 Å². The normalized spacial score (nSPS) is 27.5. The predicted octanol–water partition coefficient (Wildman–Crippen LogP) is 2.46. The zero-order valence-corrected chi connectivity index (χ0v) is 13.6. The van der Waals surface area contributed by atoms with Crippen LogP contribution in [0.1, 0.15) is 38.3 Å². The Morgan fingerprint density at radius 2 is 1.91 bits per heavy atom. The van der Waals surface area contributed by atoms with E-state index in [0.717, 1.165) is 13.0 Å². The number of carbonyl (C=O) groups excluding carboxylic acids is 2. The van der Waals surface area contributed by atoms with Gasteiger partial charge >= 0.3 is 0 Å². The van der Waals surface area contributed by atoms with Crippen LogP contribution in [0.3, 0.4) is 0 Å². The Balaban J connectivity index is 1.77. The van der Waals surface area contributed by atoms with Crippen molar-refractivity contribution in [2.24, 2.45) is 11.3 Å². The van der Waals surface area contributed by atoms with Gasteiger partial charge in [-0.15, -0.1) is 0 Å². The van der Waals surface area contributed by atoms with E-state index in [1.165, 1.54) is 5.56 Å². The van der Waals surface area contributed by atoms with Gasteiger partial charge in [0.05, 0.1) is 6.04 Å². The van der Waals surface area contributed by atoms with Gasteiger partial charge in [-0.25, -0.2) is 0 Å². The smallest absolute Gasteiger partial charge is 0.226 e. The molecule has 0 aliphatic carbocycles. The van der Waals surface area contributed by atoms with Crippen LogP contribution in [-0.4, -0.2) is 41.8 Å². The zero-order chi connectivity index (χ0) is 15.9. The SMILES string of the molecule is CN1CC[C@H](C(=O)N2CC(C)(C)[C@H]2c2ccccc2)CC1=O. The molecule has 1 aromatic rings. The van der Waals surface area contributed by atoms with Crippen LogP contribution in [0, 0.1) is 11.3 Å². The minimum Gasteiger partial charge on any atom is -0.346 e. The van der Waals surface area contributed by atoms with Gasteiger partial charge in [-0.2, -0.15) is 0 Å². The first-order valence-electron chi connectivity index (χ1n) is 7.99. The maximum absolute atomic E-state index is 12.9. The molecule has 22 heavy (non-hydrogen) atoms. The number of likely N-dealkylation sites (tertiary alicyclic amines) is 2. The number of benzene rings is 1. The van der Waals surface area contributed by atoms with Gasteiger partial charge in [-0.1, -0.05) is 44.2 Å². The van der Waals surface area contributed by atoms with E-state index in [4.69, 9.17) is 0 Å². The average Bonchev–Trinajstić information content (AvgIpc) is 2.48. The Morgan fingerprint density at radius 3 is 2.50 bits per heavy atom. The van der Waals surface area contributed by atoms with Gasteiger partial charge in [0.15, 0.2) is 0 Å². The number of hydrogen-bond acceptors (Lipinski definition) is 2. The molecule has 2 amide bonds. The summed E-state index contributed by atoms with van der Waals surface area (Å²) in [6, 6.07) is 10.3. The lowest BCUT2D eigenvalue weighted by Crippen LogP contribution is -2.60. The molecule has 0 N–H and O–H groups in total. The Bertz CT molecular complexity index is 582. The first-order valence-corrected chi connectivity index (χ1v) is 7.99. The Kier molecular flexibility index (Phi) is 3.71. The van der Waals surface area contributed by atoms with Crippen molar-refractivity contribution in [3.8, 4) is 0 Å². The topological polar surface area (TPSA) is 40.6 Å². The second-order valence-electron chi connectivity index (χ2n) is 7.27. The molecule has 0 saturated carbocycles. The minimum absolute atomic E-state index is 0.0839. The van der Waals surface area contributed by atoms with Crippen molar-refractivity contribution in [1.29, 1.82) is 0 Å². The van der Waals surface area contributed by atoms with Crippen LogP contribution in [0.15, 0.2) is 30.3 Å². The third-order valence-corrected chi connectivity index (χ3v) is 5.04. The van der Waals surface area contributed by atoms with E-state index in [1.54, 1.807) is 4.90 Å². The molecule has 4 nitrogen and oxygen atoms in total. The summed E-state index contributed by atoms with van der Waals surface area (Å²) in [5.41, 5.74) is 1.28. The van der Waals surface area contributed by atoms with Crippen molar-refractivity contribution in [3.05, 3.63) is 35.9 Å². The van der Waals surface area contributed by atoms with E-state index in [2.05, 4.69) is 26.0 Å². The fourth-order valence-corrected chi connectivity index (χ4v) is 3.79. The third-order valence-electron chi connectivity index (χ3n) is 5.04. The van der Waals surface area contributed by atoms with E-state index in [-0.39, 0.29) is 29.2 Å². The Hall–Kier alpha value is -1.84. The van der Waals surface area contributed by atoms with Gasteiger partial charge in [0.2, 0.25) is 11.8 Å². The molecule has 2 fully saturated rings. The first kappa shape index (κ1) is 15.1. The average molecular weight is 300 g/mol. The van der Waals surface area contributed by atoms with E-state index in [0.29, 0.717) is 13.0 Å². The van der Waals surface area contributed by atoms with Crippen LogP contribution in [0.5, 0.6) is 0 Å². The summed E-state index contributed by atoms with van der Waals surface area (Å²) < 4.78 is 0. The predicted molar refractivity (Wildman–Crippen MR) is 85.0 cm³/mol.